The summed E-state index contributed by atoms with van der Waals surface area (Å²) in [7, 11) is 0. The topological polar surface area (TPSA) is 166 Å². The molecule has 0 saturated heterocycles. The van der Waals surface area contributed by atoms with Crippen molar-refractivity contribution in [3.8, 4) is 0 Å². The van der Waals surface area contributed by atoms with E-state index < -0.39 is 42.0 Å². The molecule has 0 bridgehead atoms. The number of hydrogen-bond donors (Lipinski definition) is 5. The summed E-state index contributed by atoms with van der Waals surface area (Å²) in [5, 5.41) is 51.5. The molecular formula is C32H49NO9. The van der Waals surface area contributed by atoms with Gasteiger partial charge in [-0.05, 0) is 106 Å². The molecule has 0 aromatic carbocycles. The van der Waals surface area contributed by atoms with Crippen LogP contribution in [0.1, 0.15) is 85.5 Å². The van der Waals surface area contributed by atoms with E-state index in [2.05, 4.69) is 18.8 Å². The van der Waals surface area contributed by atoms with Crippen LogP contribution in [0, 0.1) is 34.5 Å². The number of ether oxygens (including phenoxy) is 2. The number of nitrogens with zero attached hydrogens (tertiary/aromatic N) is 1. The Hall–Kier alpha value is -1.85. The Kier molecular flexibility index (Phi) is 8.70. The van der Waals surface area contributed by atoms with Crippen molar-refractivity contribution in [2.24, 2.45) is 39.5 Å². The van der Waals surface area contributed by atoms with E-state index >= 15 is 0 Å². The number of rotatable bonds is 8. The summed E-state index contributed by atoms with van der Waals surface area (Å²) in [6.45, 7) is 7.80. The van der Waals surface area contributed by atoms with E-state index in [1.54, 1.807) is 13.0 Å². The first-order valence-electron chi connectivity index (χ1n) is 15.8. The summed E-state index contributed by atoms with van der Waals surface area (Å²) < 4.78 is 11.1. The van der Waals surface area contributed by atoms with Gasteiger partial charge in [0.15, 0.2) is 0 Å². The number of esters is 2. The van der Waals surface area contributed by atoms with E-state index in [9.17, 15) is 35.1 Å². The van der Waals surface area contributed by atoms with Gasteiger partial charge in [0.1, 0.15) is 37.1 Å². The highest BCUT2D eigenvalue weighted by Crippen LogP contribution is 2.70. The zero-order chi connectivity index (χ0) is 30.6. The van der Waals surface area contributed by atoms with Gasteiger partial charge in [0.2, 0.25) is 0 Å². The molecule has 10 heteroatoms. The fraction of sp³-hybridized carbons (Fsp3) is 0.844. The predicted octanol–water partition coefficient (Wildman–Crippen LogP) is 2.08. The lowest BCUT2D eigenvalue weighted by Crippen LogP contribution is -2.62. The van der Waals surface area contributed by atoms with Crippen LogP contribution >= 0.6 is 0 Å². The third-order valence-electron chi connectivity index (χ3n) is 12.2. The minimum absolute atomic E-state index is 0.0569. The van der Waals surface area contributed by atoms with Gasteiger partial charge in [0.05, 0.1) is 11.7 Å². The molecule has 1 aliphatic heterocycles. The molecule has 5 N–H and O–H groups in total. The molecule has 0 radical (unpaired) electrons. The third-order valence-corrected chi connectivity index (χ3v) is 12.2. The first-order chi connectivity index (χ1) is 19.7. The summed E-state index contributed by atoms with van der Waals surface area (Å²) >= 11 is 0. The van der Waals surface area contributed by atoms with Crippen molar-refractivity contribution < 1.29 is 44.6 Å². The highest BCUT2D eigenvalue weighted by Gasteiger charge is 2.67. The zero-order valence-corrected chi connectivity index (χ0v) is 25.3. The Balaban J connectivity index is 1.20. The number of cyclic esters (lactones) is 1. The fourth-order valence-electron chi connectivity index (χ4n) is 9.59. The van der Waals surface area contributed by atoms with E-state index in [1.165, 1.54) is 6.92 Å². The van der Waals surface area contributed by atoms with Gasteiger partial charge in [-0.1, -0.05) is 13.8 Å². The Morgan fingerprint density at radius 1 is 1.02 bits per heavy atom. The average molecular weight is 592 g/mol. The van der Waals surface area contributed by atoms with Crippen LogP contribution in [0.15, 0.2) is 16.6 Å². The van der Waals surface area contributed by atoms with Gasteiger partial charge in [-0.2, -0.15) is 0 Å². The standard InChI is InChI=1S/C32H49NO9/c1-17(33-15-25(35)28(38)27(37)18(2)34)29(39)42-21-7-10-30(3)20(14-21)5-6-24-23(30)8-11-31(4)22(9-12-32(24,31)40)19-13-26(36)41-16-19/h13,15,17-18,20-25,27-28,34-35,37-38,40H,5-12,14,16H2,1-4H3. The minimum atomic E-state index is -1.63. The van der Waals surface area contributed by atoms with Crippen molar-refractivity contribution in [3.05, 3.63) is 11.6 Å². The van der Waals surface area contributed by atoms with E-state index in [-0.39, 0.29) is 34.7 Å². The first kappa shape index (κ1) is 31.6. The van der Waals surface area contributed by atoms with Crippen molar-refractivity contribution in [2.75, 3.05) is 6.61 Å². The van der Waals surface area contributed by atoms with E-state index in [0.29, 0.717) is 18.4 Å². The van der Waals surface area contributed by atoms with Gasteiger partial charge in [0, 0.05) is 17.7 Å². The lowest BCUT2D eigenvalue weighted by molar-refractivity contribution is -0.210. The van der Waals surface area contributed by atoms with Crippen molar-refractivity contribution in [3.63, 3.8) is 0 Å². The largest absolute Gasteiger partial charge is 0.461 e. The molecule has 1 heterocycles. The minimum Gasteiger partial charge on any atom is -0.461 e. The molecule has 0 aromatic rings. The van der Waals surface area contributed by atoms with Gasteiger partial charge in [-0.15, -0.1) is 0 Å². The second kappa shape index (κ2) is 11.6. The van der Waals surface area contributed by atoms with Gasteiger partial charge < -0.3 is 35.0 Å². The maximum atomic E-state index is 12.8. The monoisotopic (exact) mass is 591 g/mol. The van der Waals surface area contributed by atoms with E-state index in [1.807, 2.05) is 0 Å². The molecule has 236 valence electrons. The number of aliphatic imine (C=N–C) groups is 1. The Morgan fingerprint density at radius 3 is 2.43 bits per heavy atom. The van der Waals surface area contributed by atoms with Crippen molar-refractivity contribution >= 4 is 18.2 Å². The molecule has 0 aromatic heterocycles. The number of carbonyl (C=O) groups excluding carboxylic acids is 2. The van der Waals surface area contributed by atoms with Crippen molar-refractivity contribution in [2.45, 2.75) is 128 Å². The lowest BCUT2D eigenvalue weighted by Gasteiger charge is -2.63. The van der Waals surface area contributed by atoms with Crippen LogP contribution in [0.5, 0.6) is 0 Å². The van der Waals surface area contributed by atoms with Gasteiger partial charge in [0.25, 0.3) is 0 Å². The third kappa shape index (κ3) is 5.25. The summed E-state index contributed by atoms with van der Waals surface area (Å²) in [5.41, 5.74) is 0.0713. The smallest absolute Gasteiger partial charge is 0.331 e. The molecule has 0 amide bonds. The molecule has 5 rings (SSSR count). The van der Waals surface area contributed by atoms with Crippen LogP contribution < -0.4 is 0 Å². The number of carbonyl (C=O) groups is 2. The van der Waals surface area contributed by atoms with E-state index in [0.717, 1.165) is 69.6 Å². The Bertz CT molecular complexity index is 1110. The number of aliphatic hydroxyl groups is 5. The first-order valence-corrected chi connectivity index (χ1v) is 15.8. The number of aliphatic hydroxyl groups excluding tert-OH is 4. The molecule has 5 aliphatic rings. The van der Waals surface area contributed by atoms with Crippen LogP contribution in [0.2, 0.25) is 0 Å². The molecule has 4 aliphatic carbocycles. The maximum Gasteiger partial charge on any atom is 0.331 e. The average Bonchev–Trinajstić information content (AvgIpc) is 3.50. The highest BCUT2D eigenvalue weighted by atomic mass is 16.5. The quantitative estimate of drug-likeness (QED) is 0.210. The second-order valence-corrected chi connectivity index (χ2v) is 14.3. The molecule has 10 nitrogen and oxygen atoms in total. The lowest BCUT2D eigenvalue weighted by atomic mass is 9.43. The molecular weight excluding hydrogens is 542 g/mol. The van der Waals surface area contributed by atoms with Crippen LogP contribution in [0.3, 0.4) is 0 Å². The van der Waals surface area contributed by atoms with Crippen molar-refractivity contribution in [1.29, 1.82) is 0 Å². The second-order valence-electron chi connectivity index (χ2n) is 14.3. The predicted molar refractivity (Wildman–Crippen MR) is 153 cm³/mol. The van der Waals surface area contributed by atoms with Crippen LogP contribution in [0.4, 0.5) is 0 Å². The van der Waals surface area contributed by atoms with Gasteiger partial charge in [-0.3, -0.25) is 4.99 Å². The Morgan fingerprint density at radius 2 is 1.76 bits per heavy atom. The fourth-order valence-corrected chi connectivity index (χ4v) is 9.59. The summed E-state index contributed by atoms with van der Waals surface area (Å²) in [5.74, 6) is 0.394. The molecule has 4 saturated carbocycles. The van der Waals surface area contributed by atoms with Gasteiger partial charge >= 0.3 is 11.9 Å². The van der Waals surface area contributed by atoms with Crippen molar-refractivity contribution in [1.82, 2.24) is 0 Å². The maximum absolute atomic E-state index is 12.8. The molecule has 42 heavy (non-hydrogen) atoms. The number of fused-ring (bicyclic) bond motifs is 5. The van der Waals surface area contributed by atoms with Crippen LogP contribution in [0.25, 0.3) is 0 Å². The van der Waals surface area contributed by atoms with Crippen LogP contribution in [-0.4, -0.2) is 92.5 Å². The summed E-state index contributed by atoms with van der Waals surface area (Å²) in [6.07, 6.45) is 4.43. The molecule has 4 fully saturated rings. The normalized spacial score (nSPS) is 43.3. The summed E-state index contributed by atoms with van der Waals surface area (Å²) in [6, 6.07) is -0.893. The van der Waals surface area contributed by atoms with E-state index in [4.69, 9.17) is 9.47 Å². The summed E-state index contributed by atoms with van der Waals surface area (Å²) in [4.78, 5) is 28.7. The molecule has 13 atom stereocenters. The van der Waals surface area contributed by atoms with Gasteiger partial charge in [-0.25, -0.2) is 9.59 Å². The Labute approximate surface area is 248 Å². The molecule has 13 unspecified atom stereocenters. The molecule has 0 spiro atoms. The SMILES string of the molecule is CC(N=CC(O)C(O)C(O)C(C)O)C(=O)OC1CCC2(C)C(CCC3C2CCC2(C)C(C4=CC(=O)OC4)CCC32O)C1. The van der Waals surface area contributed by atoms with Crippen LogP contribution in [-0.2, 0) is 19.1 Å². The highest BCUT2D eigenvalue weighted by molar-refractivity contribution is 5.85. The zero-order valence-electron chi connectivity index (χ0n) is 25.3. The number of hydrogen-bond acceptors (Lipinski definition) is 10.